The number of benzene rings is 2. The Morgan fingerprint density at radius 3 is 2.81 bits per heavy atom. The Bertz CT molecular complexity index is 791. The summed E-state index contributed by atoms with van der Waals surface area (Å²) >= 11 is 3.29. The Balaban J connectivity index is 1.62. The van der Waals surface area contributed by atoms with Crippen LogP contribution in [0.1, 0.15) is 22.3 Å². The first-order valence-corrected chi connectivity index (χ1v) is 8.65. The summed E-state index contributed by atoms with van der Waals surface area (Å²) in [6, 6.07) is 16.1. The van der Waals surface area contributed by atoms with Crippen molar-refractivity contribution in [3.63, 3.8) is 0 Å². The minimum atomic E-state index is 0.000428. The number of hydrogen-bond donors (Lipinski definition) is 0. The summed E-state index contributed by atoms with van der Waals surface area (Å²) in [6.07, 6.45) is 1.88. The molecule has 1 atom stereocenters. The van der Waals surface area contributed by atoms with Gasteiger partial charge in [-0.1, -0.05) is 48.2 Å². The van der Waals surface area contributed by atoms with Crippen LogP contribution in [0.25, 0.3) is 10.2 Å². The van der Waals surface area contributed by atoms with Gasteiger partial charge in [-0.3, -0.25) is 4.79 Å². The maximum absolute atomic E-state index is 12.6. The number of nitrogens with zero attached hydrogens (tertiary/aromatic N) is 1. The minimum Gasteiger partial charge on any atom is -0.293 e. The van der Waals surface area contributed by atoms with Crippen molar-refractivity contribution in [1.29, 1.82) is 0 Å². The van der Waals surface area contributed by atoms with Gasteiger partial charge in [-0.25, -0.2) is 4.98 Å². The summed E-state index contributed by atoms with van der Waals surface area (Å²) in [5.41, 5.74) is 3.10. The van der Waals surface area contributed by atoms with Crippen LogP contribution in [0.15, 0.2) is 52.9 Å². The predicted octanol–water partition coefficient (Wildman–Crippen LogP) is 4.59. The first-order valence-electron chi connectivity index (χ1n) is 6.95. The fourth-order valence-corrected chi connectivity index (χ4v) is 5.08. The van der Waals surface area contributed by atoms with E-state index in [9.17, 15) is 4.79 Å². The second kappa shape index (κ2) is 5.28. The second-order valence-corrected chi connectivity index (χ2v) is 7.59. The van der Waals surface area contributed by atoms with E-state index in [0.717, 1.165) is 28.3 Å². The van der Waals surface area contributed by atoms with Crippen molar-refractivity contribution in [1.82, 2.24) is 4.98 Å². The molecule has 0 spiro atoms. The monoisotopic (exact) mass is 311 g/mol. The zero-order valence-electron chi connectivity index (χ0n) is 11.3. The third-order valence-corrected chi connectivity index (χ3v) is 6.17. The van der Waals surface area contributed by atoms with Crippen LogP contribution >= 0.6 is 23.1 Å². The van der Waals surface area contributed by atoms with Crippen molar-refractivity contribution in [3.05, 3.63) is 59.7 Å². The third kappa shape index (κ3) is 2.39. The lowest BCUT2D eigenvalue weighted by atomic mass is 9.90. The molecule has 2 aromatic carbocycles. The fraction of sp³-hybridized carbons (Fsp3) is 0.176. The number of rotatable bonds is 2. The molecule has 0 bridgehead atoms. The lowest BCUT2D eigenvalue weighted by molar-refractivity contribution is 0.0979. The summed E-state index contributed by atoms with van der Waals surface area (Å²) < 4.78 is 2.18. The average Bonchev–Trinajstić information content (AvgIpc) is 2.93. The van der Waals surface area contributed by atoms with E-state index in [-0.39, 0.29) is 11.0 Å². The number of fused-ring (bicyclic) bond motifs is 2. The number of thiazole rings is 1. The van der Waals surface area contributed by atoms with Crippen LogP contribution in [0.3, 0.4) is 0 Å². The molecule has 104 valence electrons. The van der Waals surface area contributed by atoms with Gasteiger partial charge in [0.05, 0.1) is 15.5 Å². The van der Waals surface area contributed by atoms with Gasteiger partial charge in [-0.2, -0.15) is 0 Å². The molecule has 4 rings (SSSR count). The van der Waals surface area contributed by atoms with Gasteiger partial charge < -0.3 is 0 Å². The standard InChI is InChI=1S/C17H13NOS2/c19-16-12-6-2-1-5-11(12)9-10-15(16)21-17-18-13-7-3-4-8-14(13)20-17/h1-8,15H,9-10H2. The van der Waals surface area contributed by atoms with Gasteiger partial charge in [0.25, 0.3) is 0 Å². The van der Waals surface area contributed by atoms with Gasteiger partial charge in [-0.05, 0) is 30.5 Å². The molecule has 0 saturated heterocycles. The Hall–Kier alpha value is -1.65. The Kier molecular flexibility index (Phi) is 3.28. The lowest BCUT2D eigenvalue weighted by Crippen LogP contribution is -2.24. The van der Waals surface area contributed by atoms with Crippen LogP contribution in [-0.4, -0.2) is 16.0 Å². The largest absolute Gasteiger partial charge is 0.293 e. The molecular weight excluding hydrogens is 298 g/mol. The number of aryl methyl sites for hydroxylation is 1. The van der Waals surface area contributed by atoms with Crippen LogP contribution < -0.4 is 0 Å². The maximum Gasteiger partial charge on any atom is 0.176 e. The molecule has 0 saturated carbocycles. The highest BCUT2D eigenvalue weighted by molar-refractivity contribution is 8.02. The van der Waals surface area contributed by atoms with E-state index in [1.54, 1.807) is 23.1 Å². The normalized spacial score (nSPS) is 17.9. The van der Waals surface area contributed by atoms with Gasteiger partial charge >= 0.3 is 0 Å². The Labute approximate surface area is 131 Å². The number of aromatic nitrogens is 1. The van der Waals surface area contributed by atoms with Gasteiger partial charge in [0.2, 0.25) is 0 Å². The molecule has 0 fully saturated rings. The van der Waals surface area contributed by atoms with Crippen LogP contribution in [0.4, 0.5) is 0 Å². The van der Waals surface area contributed by atoms with E-state index in [1.165, 1.54) is 10.3 Å². The highest BCUT2D eigenvalue weighted by Gasteiger charge is 2.28. The minimum absolute atomic E-state index is 0.000428. The first-order chi connectivity index (χ1) is 10.3. The molecule has 0 N–H and O–H groups in total. The highest BCUT2D eigenvalue weighted by atomic mass is 32.2. The van der Waals surface area contributed by atoms with E-state index in [4.69, 9.17) is 0 Å². The van der Waals surface area contributed by atoms with Gasteiger partial charge in [0, 0.05) is 5.56 Å². The smallest absolute Gasteiger partial charge is 0.176 e. The van der Waals surface area contributed by atoms with E-state index in [2.05, 4.69) is 17.1 Å². The number of ketones is 1. The van der Waals surface area contributed by atoms with Gasteiger partial charge in [0.15, 0.2) is 10.1 Å². The third-order valence-electron chi connectivity index (χ3n) is 3.77. The molecule has 0 radical (unpaired) electrons. The topological polar surface area (TPSA) is 30.0 Å². The summed E-state index contributed by atoms with van der Waals surface area (Å²) in [5, 5.41) is 0.000428. The van der Waals surface area contributed by atoms with Crippen LogP contribution in [-0.2, 0) is 6.42 Å². The van der Waals surface area contributed by atoms with E-state index in [0.29, 0.717) is 0 Å². The van der Waals surface area contributed by atoms with Crippen LogP contribution in [0.2, 0.25) is 0 Å². The molecule has 4 heteroatoms. The quantitative estimate of drug-likeness (QED) is 0.693. The molecular formula is C17H13NOS2. The highest BCUT2D eigenvalue weighted by Crippen LogP contribution is 2.37. The summed E-state index contributed by atoms with van der Waals surface area (Å²) in [7, 11) is 0. The molecule has 1 heterocycles. The molecule has 3 aromatic rings. The molecule has 1 aromatic heterocycles. The molecule has 0 aliphatic heterocycles. The SMILES string of the molecule is O=C1c2ccccc2CCC1Sc1nc2ccccc2s1. The number of thioether (sulfide) groups is 1. The van der Waals surface area contributed by atoms with Crippen molar-refractivity contribution in [2.24, 2.45) is 0 Å². The number of carbonyl (C=O) groups excluding carboxylic acids is 1. The van der Waals surface area contributed by atoms with E-state index >= 15 is 0 Å². The van der Waals surface area contributed by atoms with Crippen molar-refractivity contribution in [2.45, 2.75) is 22.4 Å². The fourth-order valence-electron chi connectivity index (χ4n) is 2.71. The first kappa shape index (κ1) is 13.0. The molecule has 1 aliphatic carbocycles. The van der Waals surface area contributed by atoms with Crippen LogP contribution in [0, 0.1) is 0 Å². The molecule has 1 unspecified atom stereocenters. The van der Waals surface area contributed by atoms with Gasteiger partial charge in [-0.15, -0.1) is 11.3 Å². The van der Waals surface area contributed by atoms with Crippen molar-refractivity contribution in [3.8, 4) is 0 Å². The summed E-state index contributed by atoms with van der Waals surface area (Å²) in [5.74, 6) is 0.251. The van der Waals surface area contributed by atoms with Crippen molar-refractivity contribution in [2.75, 3.05) is 0 Å². The predicted molar refractivity (Wildman–Crippen MR) is 88.4 cm³/mol. The summed E-state index contributed by atoms with van der Waals surface area (Å²) in [4.78, 5) is 17.2. The molecule has 1 aliphatic rings. The zero-order chi connectivity index (χ0) is 14.2. The second-order valence-electron chi connectivity index (χ2n) is 5.11. The maximum atomic E-state index is 12.6. The number of hydrogen-bond acceptors (Lipinski definition) is 4. The molecule has 21 heavy (non-hydrogen) atoms. The summed E-state index contributed by atoms with van der Waals surface area (Å²) in [6.45, 7) is 0. The van der Waals surface area contributed by atoms with Gasteiger partial charge in [0.1, 0.15) is 0 Å². The Morgan fingerprint density at radius 2 is 1.90 bits per heavy atom. The van der Waals surface area contributed by atoms with E-state index in [1.807, 2.05) is 36.4 Å². The lowest BCUT2D eigenvalue weighted by Gasteiger charge is -2.21. The van der Waals surface area contributed by atoms with E-state index < -0.39 is 0 Å². The van der Waals surface area contributed by atoms with Crippen molar-refractivity contribution >= 4 is 39.1 Å². The molecule has 0 amide bonds. The number of para-hydroxylation sites is 1. The Morgan fingerprint density at radius 1 is 1.10 bits per heavy atom. The number of Topliss-reactive ketones (excluding diaryl/α,β-unsaturated/α-hetero) is 1. The number of carbonyl (C=O) groups is 1. The average molecular weight is 311 g/mol. The molecule has 2 nitrogen and oxygen atoms in total. The van der Waals surface area contributed by atoms with Crippen molar-refractivity contribution < 1.29 is 4.79 Å². The van der Waals surface area contributed by atoms with Crippen LogP contribution in [0.5, 0.6) is 0 Å². The zero-order valence-corrected chi connectivity index (χ0v) is 12.9.